The number of nitrogens with zero attached hydrogens (tertiary/aromatic N) is 1. The van der Waals surface area contributed by atoms with Gasteiger partial charge in [0.15, 0.2) is 0 Å². The second kappa shape index (κ2) is 3.75. The second-order valence-corrected chi connectivity index (χ2v) is 3.28. The second-order valence-electron chi connectivity index (χ2n) is 3.28. The van der Waals surface area contributed by atoms with Gasteiger partial charge in [-0.1, -0.05) is 6.07 Å². The lowest BCUT2D eigenvalue weighted by atomic mass is 10.1. The minimum atomic E-state index is -0.556. The zero-order chi connectivity index (χ0) is 10.0. The van der Waals surface area contributed by atoms with Crippen molar-refractivity contribution in [3.05, 3.63) is 29.6 Å². The number of anilines is 1. The zero-order valence-corrected chi connectivity index (χ0v) is 8.08. The van der Waals surface area contributed by atoms with Crippen LogP contribution in [0.2, 0.25) is 0 Å². The van der Waals surface area contributed by atoms with Crippen LogP contribution in [0.25, 0.3) is 0 Å². The Morgan fingerprint density at radius 2 is 2.00 bits per heavy atom. The van der Waals surface area contributed by atoms with Crippen molar-refractivity contribution in [1.29, 1.82) is 0 Å². The molecule has 0 saturated heterocycles. The fourth-order valence-corrected chi connectivity index (χ4v) is 1.13. The van der Waals surface area contributed by atoms with Crippen molar-refractivity contribution in [2.75, 3.05) is 19.0 Å². The van der Waals surface area contributed by atoms with Gasteiger partial charge in [0.05, 0.1) is 11.8 Å². The Kier molecular flexibility index (Phi) is 2.88. The molecule has 0 aliphatic carbocycles. The summed E-state index contributed by atoms with van der Waals surface area (Å²) in [7, 11) is 3.54. The van der Waals surface area contributed by atoms with Crippen LogP contribution in [0, 0.1) is 5.82 Å². The van der Waals surface area contributed by atoms with Crippen molar-refractivity contribution in [2.45, 2.75) is 13.0 Å². The average molecular weight is 183 g/mol. The first-order valence-electron chi connectivity index (χ1n) is 4.17. The third-order valence-electron chi connectivity index (χ3n) is 1.93. The topological polar surface area (TPSA) is 23.5 Å². The average Bonchev–Trinajstić information content (AvgIpc) is 2.04. The summed E-state index contributed by atoms with van der Waals surface area (Å²) in [5, 5.41) is 9.28. The van der Waals surface area contributed by atoms with Crippen LogP contribution in [0.5, 0.6) is 0 Å². The lowest BCUT2D eigenvalue weighted by molar-refractivity contribution is 0.199. The molecule has 1 atom stereocenters. The molecule has 0 amide bonds. The molecule has 0 saturated carbocycles. The third kappa shape index (κ3) is 2.18. The van der Waals surface area contributed by atoms with Crippen molar-refractivity contribution in [3.8, 4) is 0 Å². The normalized spacial score (nSPS) is 12.7. The van der Waals surface area contributed by atoms with Crippen LogP contribution in [-0.2, 0) is 0 Å². The zero-order valence-electron chi connectivity index (χ0n) is 8.08. The summed E-state index contributed by atoms with van der Waals surface area (Å²) >= 11 is 0. The molecular formula is C10H14FNO. The monoisotopic (exact) mass is 183 g/mol. The maximum Gasteiger partial charge on any atom is 0.146 e. The van der Waals surface area contributed by atoms with Gasteiger partial charge < -0.3 is 10.0 Å². The molecule has 0 bridgehead atoms. The number of benzene rings is 1. The molecule has 0 aliphatic heterocycles. The van der Waals surface area contributed by atoms with Gasteiger partial charge in [-0.2, -0.15) is 0 Å². The van der Waals surface area contributed by atoms with Gasteiger partial charge in [0, 0.05) is 14.1 Å². The maximum atomic E-state index is 13.2. The van der Waals surface area contributed by atoms with Crippen LogP contribution in [0.4, 0.5) is 10.1 Å². The molecule has 0 heterocycles. The highest BCUT2D eigenvalue weighted by Gasteiger charge is 2.07. The Morgan fingerprint density at radius 3 is 2.46 bits per heavy atom. The van der Waals surface area contributed by atoms with E-state index in [1.807, 2.05) is 0 Å². The van der Waals surface area contributed by atoms with E-state index in [4.69, 9.17) is 0 Å². The molecule has 0 fully saturated rings. The van der Waals surface area contributed by atoms with E-state index >= 15 is 0 Å². The Balaban J connectivity index is 3.11. The molecule has 0 spiro atoms. The molecule has 72 valence electrons. The van der Waals surface area contributed by atoms with E-state index in [1.54, 1.807) is 38.1 Å². The Morgan fingerprint density at radius 1 is 1.38 bits per heavy atom. The van der Waals surface area contributed by atoms with E-state index in [9.17, 15) is 9.50 Å². The molecule has 3 heteroatoms. The highest BCUT2D eigenvalue weighted by molar-refractivity contribution is 5.49. The molecule has 0 aromatic heterocycles. The van der Waals surface area contributed by atoms with Crippen molar-refractivity contribution in [3.63, 3.8) is 0 Å². The van der Waals surface area contributed by atoms with E-state index < -0.39 is 6.10 Å². The highest BCUT2D eigenvalue weighted by atomic mass is 19.1. The molecular weight excluding hydrogens is 169 g/mol. The Bertz CT molecular complexity index is 297. The predicted molar refractivity (Wildman–Crippen MR) is 51.4 cm³/mol. The van der Waals surface area contributed by atoms with Crippen LogP contribution in [0.15, 0.2) is 18.2 Å². The molecule has 0 radical (unpaired) electrons. The molecule has 1 aromatic rings. The van der Waals surface area contributed by atoms with Crippen molar-refractivity contribution in [2.24, 2.45) is 0 Å². The first-order chi connectivity index (χ1) is 6.02. The van der Waals surface area contributed by atoms with E-state index in [0.29, 0.717) is 5.69 Å². The van der Waals surface area contributed by atoms with Crippen molar-refractivity contribution in [1.82, 2.24) is 0 Å². The predicted octanol–water partition coefficient (Wildman–Crippen LogP) is 1.95. The fraction of sp³-hybridized carbons (Fsp3) is 0.400. The molecule has 13 heavy (non-hydrogen) atoms. The lowest BCUT2D eigenvalue weighted by Gasteiger charge is -2.15. The molecule has 1 unspecified atom stereocenters. The molecule has 1 rings (SSSR count). The first-order valence-corrected chi connectivity index (χ1v) is 4.17. The molecule has 1 aromatic carbocycles. The van der Waals surface area contributed by atoms with E-state index in [-0.39, 0.29) is 5.82 Å². The van der Waals surface area contributed by atoms with Crippen molar-refractivity contribution >= 4 is 5.69 Å². The van der Waals surface area contributed by atoms with Gasteiger partial charge in [0.1, 0.15) is 5.82 Å². The maximum absolute atomic E-state index is 13.2. The number of hydrogen-bond acceptors (Lipinski definition) is 2. The standard InChI is InChI=1S/C10H14FNO/c1-7(13)8-4-5-9(11)10(6-8)12(2)3/h4-7,13H,1-3H3. The lowest BCUT2D eigenvalue weighted by Crippen LogP contribution is -2.11. The summed E-state index contributed by atoms with van der Waals surface area (Å²) < 4.78 is 13.2. The van der Waals surface area contributed by atoms with Crippen LogP contribution >= 0.6 is 0 Å². The number of aliphatic hydroxyl groups excluding tert-OH is 1. The number of halogens is 1. The highest BCUT2D eigenvalue weighted by Crippen LogP contribution is 2.22. The van der Waals surface area contributed by atoms with Gasteiger partial charge in [-0.25, -0.2) is 4.39 Å². The van der Waals surface area contributed by atoms with Gasteiger partial charge in [-0.3, -0.25) is 0 Å². The van der Waals surface area contributed by atoms with Crippen LogP contribution in [0.1, 0.15) is 18.6 Å². The Labute approximate surface area is 77.6 Å². The van der Waals surface area contributed by atoms with Gasteiger partial charge in [-0.15, -0.1) is 0 Å². The summed E-state index contributed by atoms with van der Waals surface area (Å²) in [6.45, 7) is 1.66. The van der Waals surface area contributed by atoms with Gasteiger partial charge in [-0.05, 0) is 24.6 Å². The first kappa shape index (κ1) is 9.99. The summed E-state index contributed by atoms with van der Waals surface area (Å²) in [5.41, 5.74) is 1.23. The van der Waals surface area contributed by atoms with Crippen LogP contribution in [0.3, 0.4) is 0 Å². The van der Waals surface area contributed by atoms with Gasteiger partial charge in [0.2, 0.25) is 0 Å². The summed E-state index contributed by atoms with van der Waals surface area (Å²) in [6, 6.07) is 4.62. The van der Waals surface area contributed by atoms with E-state index in [2.05, 4.69) is 0 Å². The van der Waals surface area contributed by atoms with Crippen molar-refractivity contribution < 1.29 is 9.50 Å². The van der Waals surface area contributed by atoms with Crippen LogP contribution in [-0.4, -0.2) is 19.2 Å². The van der Waals surface area contributed by atoms with E-state index in [0.717, 1.165) is 5.56 Å². The molecule has 1 N–H and O–H groups in total. The van der Waals surface area contributed by atoms with Crippen LogP contribution < -0.4 is 4.90 Å². The van der Waals surface area contributed by atoms with E-state index in [1.165, 1.54) is 6.07 Å². The smallest absolute Gasteiger partial charge is 0.146 e. The fourth-order valence-electron chi connectivity index (χ4n) is 1.13. The molecule has 0 aliphatic rings. The number of aliphatic hydroxyl groups is 1. The molecule has 2 nitrogen and oxygen atoms in total. The summed E-state index contributed by atoms with van der Waals surface area (Å²) in [6.07, 6.45) is -0.556. The minimum Gasteiger partial charge on any atom is -0.389 e. The quantitative estimate of drug-likeness (QED) is 0.757. The minimum absolute atomic E-state index is 0.269. The number of hydrogen-bond donors (Lipinski definition) is 1. The number of rotatable bonds is 2. The Hall–Kier alpha value is -1.09. The summed E-state index contributed by atoms with van der Waals surface area (Å²) in [5.74, 6) is -0.269. The largest absolute Gasteiger partial charge is 0.389 e. The summed E-state index contributed by atoms with van der Waals surface area (Å²) in [4.78, 5) is 1.68. The SMILES string of the molecule is CC(O)c1ccc(F)c(N(C)C)c1. The third-order valence-corrected chi connectivity index (χ3v) is 1.93. The van der Waals surface area contributed by atoms with Gasteiger partial charge in [0.25, 0.3) is 0 Å². The van der Waals surface area contributed by atoms with Gasteiger partial charge >= 0.3 is 0 Å².